The molecule has 0 bridgehead atoms. The van der Waals surface area contributed by atoms with Crippen LogP contribution in [0.5, 0.6) is 5.75 Å². The summed E-state index contributed by atoms with van der Waals surface area (Å²) < 4.78 is 31.7. The highest BCUT2D eigenvalue weighted by molar-refractivity contribution is 7.89. The van der Waals surface area contributed by atoms with E-state index in [2.05, 4.69) is 10.3 Å². The molecule has 9 heteroatoms. The van der Waals surface area contributed by atoms with E-state index in [1.54, 1.807) is 29.8 Å². The van der Waals surface area contributed by atoms with Crippen molar-refractivity contribution in [3.8, 4) is 5.75 Å². The van der Waals surface area contributed by atoms with Crippen molar-refractivity contribution in [2.45, 2.75) is 11.3 Å². The number of carbonyl (C=O) groups is 1. The summed E-state index contributed by atoms with van der Waals surface area (Å²) in [5.74, 6) is 0.357. The van der Waals surface area contributed by atoms with E-state index in [0.29, 0.717) is 22.9 Å². The molecule has 1 aromatic carbocycles. The number of anilines is 1. The van der Waals surface area contributed by atoms with Crippen LogP contribution in [0.15, 0.2) is 52.4 Å². The fourth-order valence-electron chi connectivity index (χ4n) is 2.43. The van der Waals surface area contributed by atoms with E-state index in [4.69, 9.17) is 4.74 Å². The molecule has 1 amide bonds. The number of amides is 1. The first-order chi connectivity index (χ1) is 12.0. The van der Waals surface area contributed by atoms with Crippen molar-refractivity contribution in [3.05, 3.63) is 47.5 Å². The highest BCUT2D eigenvalue weighted by atomic mass is 32.2. The van der Waals surface area contributed by atoms with Crippen LogP contribution in [0.25, 0.3) is 0 Å². The van der Waals surface area contributed by atoms with Gasteiger partial charge in [-0.2, -0.15) is 4.31 Å². The fraction of sp³-hybridized carbons (Fsp3) is 0.250. The summed E-state index contributed by atoms with van der Waals surface area (Å²) in [6, 6.07) is 6.25. The zero-order chi connectivity index (χ0) is 17.9. The molecule has 2 aromatic rings. The third-order valence-electron chi connectivity index (χ3n) is 3.81. The van der Waals surface area contributed by atoms with Gasteiger partial charge >= 0.3 is 0 Å². The Morgan fingerprint density at radius 1 is 1.32 bits per heavy atom. The largest absolute Gasteiger partial charge is 0.497 e. The van der Waals surface area contributed by atoms with Gasteiger partial charge in [0.2, 0.25) is 10.0 Å². The fourth-order valence-corrected chi connectivity index (χ4v) is 4.34. The van der Waals surface area contributed by atoms with Crippen molar-refractivity contribution in [1.29, 1.82) is 0 Å². The van der Waals surface area contributed by atoms with Crippen molar-refractivity contribution in [1.82, 2.24) is 9.29 Å². The highest BCUT2D eigenvalue weighted by Gasteiger charge is 2.27. The Labute approximate surface area is 150 Å². The van der Waals surface area contributed by atoms with Crippen LogP contribution in [0.1, 0.15) is 6.42 Å². The van der Waals surface area contributed by atoms with E-state index < -0.39 is 10.0 Å². The minimum Gasteiger partial charge on any atom is -0.497 e. The van der Waals surface area contributed by atoms with Gasteiger partial charge in [-0.15, -0.1) is 11.3 Å². The van der Waals surface area contributed by atoms with Crippen LogP contribution in [0.3, 0.4) is 0 Å². The molecular formula is C16H17N3O4S2. The maximum atomic E-state index is 12.7. The van der Waals surface area contributed by atoms with Crippen LogP contribution in [0.4, 0.5) is 5.13 Å². The molecule has 2 heterocycles. The number of methoxy groups -OCH3 is 1. The molecule has 1 aliphatic heterocycles. The Morgan fingerprint density at radius 2 is 2.08 bits per heavy atom. The van der Waals surface area contributed by atoms with Crippen LogP contribution in [0.2, 0.25) is 0 Å². The van der Waals surface area contributed by atoms with E-state index in [0.717, 1.165) is 0 Å². The quantitative estimate of drug-likeness (QED) is 0.860. The van der Waals surface area contributed by atoms with Gasteiger partial charge in [-0.25, -0.2) is 13.4 Å². The van der Waals surface area contributed by atoms with Crippen LogP contribution in [-0.2, 0) is 14.8 Å². The Morgan fingerprint density at radius 3 is 2.64 bits per heavy atom. The number of carbonyl (C=O) groups excluding carboxylic acids is 1. The van der Waals surface area contributed by atoms with Crippen LogP contribution in [0, 0.1) is 0 Å². The molecule has 0 atom stereocenters. The second-order valence-corrected chi connectivity index (χ2v) is 8.14. The average molecular weight is 379 g/mol. The molecule has 25 heavy (non-hydrogen) atoms. The summed E-state index contributed by atoms with van der Waals surface area (Å²) in [5.41, 5.74) is 0.566. The normalized spacial score (nSPS) is 15.5. The molecule has 0 unspecified atom stereocenters. The maximum Gasteiger partial charge on any atom is 0.253 e. The molecule has 7 nitrogen and oxygen atoms in total. The first-order valence-corrected chi connectivity index (χ1v) is 9.87. The monoisotopic (exact) mass is 379 g/mol. The highest BCUT2D eigenvalue weighted by Crippen LogP contribution is 2.23. The van der Waals surface area contributed by atoms with E-state index in [-0.39, 0.29) is 23.9 Å². The third kappa shape index (κ3) is 3.89. The minimum absolute atomic E-state index is 0.162. The lowest BCUT2D eigenvalue weighted by molar-refractivity contribution is -0.113. The number of sulfonamides is 1. The summed E-state index contributed by atoms with van der Waals surface area (Å²) in [5, 5.41) is 5.01. The van der Waals surface area contributed by atoms with Gasteiger partial charge in [0.15, 0.2) is 5.13 Å². The van der Waals surface area contributed by atoms with Crippen molar-refractivity contribution >= 4 is 32.4 Å². The summed E-state index contributed by atoms with van der Waals surface area (Å²) in [7, 11) is -2.07. The summed E-state index contributed by atoms with van der Waals surface area (Å²) in [6.07, 6.45) is 3.61. The van der Waals surface area contributed by atoms with Crippen molar-refractivity contribution in [2.24, 2.45) is 0 Å². The third-order valence-corrected chi connectivity index (χ3v) is 6.38. The predicted molar refractivity (Wildman–Crippen MR) is 95.2 cm³/mol. The molecule has 0 saturated carbocycles. The zero-order valence-electron chi connectivity index (χ0n) is 13.5. The van der Waals surface area contributed by atoms with Gasteiger partial charge < -0.3 is 4.74 Å². The van der Waals surface area contributed by atoms with Gasteiger partial charge in [0.25, 0.3) is 5.91 Å². The second kappa shape index (κ2) is 7.34. The number of thiazole rings is 1. The molecule has 1 aromatic heterocycles. The first-order valence-electron chi connectivity index (χ1n) is 7.55. The van der Waals surface area contributed by atoms with Gasteiger partial charge in [-0.3, -0.25) is 10.1 Å². The van der Waals surface area contributed by atoms with Gasteiger partial charge in [-0.05, 0) is 30.7 Å². The van der Waals surface area contributed by atoms with E-state index in [9.17, 15) is 13.2 Å². The van der Waals surface area contributed by atoms with E-state index >= 15 is 0 Å². The van der Waals surface area contributed by atoms with E-state index in [1.807, 2.05) is 0 Å². The van der Waals surface area contributed by atoms with Gasteiger partial charge in [0.1, 0.15) is 5.75 Å². The zero-order valence-corrected chi connectivity index (χ0v) is 15.1. The van der Waals surface area contributed by atoms with Crippen LogP contribution in [-0.4, -0.2) is 43.8 Å². The van der Waals surface area contributed by atoms with Crippen molar-refractivity contribution < 1.29 is 17.9 Å². The number of benzene rings is 1. The molecule has 0 radical (unpaired) electrons. The predicted octanol–water partition coefficient (Wildman–Crippen LogP) is 2.11. The molecule has 132 valence electrons. The molecule has 0 fully saturated rings. The van der Waals surface area contributed by atoms with Crippen LogP contribution >= 0.6 is 11.3 Å². The number of aromatic nitrogens is 1. The minimum atomic E-state index is -3.59. The number of nitrogens with zero attached hydrogens (tertiary/aromatic N) is 2. The number of nitrogens with one attached hydrogen (secondary N) is 1. The molecule has 0 aliphatic carbocycles. The smallest absolute Gasteiger partial charge is 0.253 e. The Kier molecular flexibility index (Phi) is 5.16. The molecule has 0 spiro atoms. The van der Waals surface area contributed by atoms with Gasteiger partial charge in [-0.1, -0.05) is 6.08 Å². The molecular weight excluding hydrogens is 362 g/mol. The summed E-state index contributed by atoms with van der Waals surface area (Å²) >= 11 is 1.33. The Hall–Kier alpha value is -2.23. The van der Waals surface area contributed by atoms with Crippen molar-refractivity contribution in [2.75, 3.05) is 25.5 Å². The number of hydrogen-bond acceptors (Lipinski definition) is 6. The standard InChI is InChI=1S/C16H17N3O4S2/c1-23-13-2-4-14(5-3-13)25(21,22)19-9-6-12(7-10-19)15(20)18-16-17-8-11-24-16/h2-6,8,11H,7,9-10H2,1H3,(H,17,18,20). The SMILES string of the molecule is COc1ccc(S(=O)(=O)N2CC=C(C(=O)Nc3nccs3)CC2)cc1. The van der Waals surface area contributed by atoms with Crippen LogP contribution < -0.4 is 10.1 Å². The molecule has 1 N–H and O–H groups in total. The summed E-state index contributed by atoms with van der Waals surface area (Å²) in [6.45, 7) is 0.417. The topological polar surface area (TPSA) is 88.6 Å². The lowest BCUT2D eigenvalue weighted by Crippen LogP contribution is -2.36. The second-order valence-electron chi connectivity index (χ2n) is 5.31. The molecule has 1 aliphatic rings. The number of ether oxygens (including phenoxy) is 1. The Bertz CT molecular complexity index is 875. The first kappa shape index (κ1) is 17.6. The lowest BCUT2D eigenvalue weighted by atomic mass is 10.1. The van der Waals surface area contributed by atoms with Crippen molar-refractivity contribution in [3.63, 3.8) is 0 Å². The number of rotatable bonds is 5. The Balaban J connectivity index is 1.69. The lowest BCUT2D eigenvalue weighted by Gasteiger charge is -2.25. The molecule has 0 saturated heterocycles. The molecule has 3 rings (SSSR count). The van der Waals surface area contributed by atoms with E-state index in [1.165, 1.54) is 34.9 Å². The maximum absolute atomic E-state index is 12.7. The van der Waals surface area contributed by atoms with Gasteiger partial charge in [0, 0.05) is 30.2 Å². The number of hydrogen-bond donors (Lipinski definition) is 1. The summed E-state index contributed by atoms with van der Waals surface area (Å²) in [4.78, 5) is 16.4. The average Bonchev–Trinajstić information content (AvgIpc) is 3.15. The van der Waals surface area contributed by atoms with Gasteiger partial charge in [0.05, 0.1) is 12.0 Å².